The molecule has 3 rings (SSSR count). The number of aryl methyl sites for hydroxylation is 1. The van der Waals surface area contributed by atoms with E-state index in [0.717, 1.165) is 5.56 Å². The molecule has 0 aliphatic rings. The van der Waals surface area contributed by atoms with Crippen LogP contribution in [0, 0.1) is 11.7 Å². The van der Waals surface area contributed by atoms with Crippen LogP contribution in [0.2, 0.25) is 0 Å². The highest BCUT2D eigenvalue weighted by Crippen LogP contribution is 2.37. The average Bonchev–Trinajstić information content (AvgIpc) is 3.03. The highest BCUT2D eigenvalue weighted by atomic mass is 32.1. The molecule has 0 N–H and O–H groups in total. The summed E-state index contributed by atoms with van der Waals surface area (Å²) < 4.78 is 63.8. The zero-order valence-electron chi connectivity index (χ0n) is 15.3. The van der Waals surface area contributed by atoms with Crippen LogP contribution in [0.3, 0.4) is 0 Å². The molecular weight excluding hydrogens is 394 g/mol. The van der Waals surface area contributed by atoms with E-state index in [0.29, 0.717) is 26.9 Å². The maximum Gasteiger partial charge on any atom is 0.391 e. The summed E-state index contributed by atoms with van der Waals surface area (Å²) in [6, 6.07) is 9.31. The molecule has 1 heterocycles. The van der Waals surface area contributed by atoms with E-state index in [-0.39, 0.29) is 25.1 Å². The van der Waals surface area contributed by atoms with Gasteiger partial charge < -0.3 is 9.47 Å². The highest BCUT2D eigenvalue weighted by molar-refractivity contribution is 7.20. The number of methoxy groups -OCH3 is 1. The molecule has 0 aliphatic heterocycles. The van der Waals surface area contributed by atoms with Gasteiger partial charge in [-0.1, -0.05) is 24.3 Å². The van der Waals surface area contributed by atoms with Gasteiger partial charge in [0, 0.05) is 0 Å². The van der Waals surface area contributed by atoms with Crippen molar-refractivity contribution >= 4 is 21.6 Å². The Balaban J connectivity index is 1.75. The van der Waals surface area contributed by atoms with Gasteiger partial charge in [0.2, 0.25) is 0 Å². The lowest BCUT2D eigenvalue weighted by Crippen LogP contribution is -2.22. The van der Waals surface area contributed by atoms with Crippen LogP contribution in [0.1, 0.15) is 25.3 Å². The Morgan fingerprint density at radius 3 is 2.57 bits per heavy atom. The fourth-order valence-electron chi connectivity index (χ4n) is 2.91. The molecule has 2 aromatic carbocycles. The summed E-state index contributed by atoms with van der Waals surface area (Å²) in [5, 5.41) is 0.328. The van der Waals surface area contributed by atoms with Crippen molar-refractivity contribution in [2.24, 2.45) is 5.92 Å². The number of thiazole rings is 1. The Labute approximate surface area is 163 Å². The fraction of sp³-hybridized carbons (Fsp3) is 0.350. The monoisotopic (exact) mass is 413 g/mol. The molecule has 0 spiro atoms. The first kappa shape index (κ1) is 20.4. The Morgan fingerprint density at radius 2 is 1.89 bits per heavy atom. The predicted octanol–water partition coefficient (Wildman–Crippen LogP) is 6.76. The summed E-state index contributed by atoms with van der Waals surface area (Å²) in [6.07, 6.45) is -3.82. The van der Waals surface area contributed by atoms with Crippen LogP contribution in [0.15, 0.2) is 36.4 Å². The van der Waals surface area contributed by atoms with Crippen molar-refractivity contribution in [2.45, 2.75) is 32.4 Å². The molecule has 0 radical (unpaired) electrons. The van der Waals surface area contributed by atoms with E-state index in [4.69, 9.17) is 9.47 Å². The van der Waals surface area contributed by atoms with Crippen LogP contribution >= 0.6 is 11.3 Å². The summed E-state index contributed by atoms with van der Waals surface area (Å²) in [5.74, 6) is -0.872. The number of fused-ring (bicyclic) bond motifs is 1. The zero-order valence-corrected chi connectivity index (χ0v) is 16.2. The van der Waals surface area contributed by atoms with Crippen molar-refractivity contribution in [1.82, 2.24) is 4.98 Å². The van der Waals surface area contributed by atoms with Gasteiger partial charge in [0.15, 0.2) is 11.5 Å². The third-order valence-corrected chi connectivity index (χ3v) is 5.39. The summed E-state index contributed by atoms with van der Waals surface area (Å²) in [5.41, 5.74) is 1.35. The maximum absolute atomic E-state index is 13.3. The Hall–Kier alpha value is -2.35. The second-order valence-corrected chi connectivity index (χ2v) is 7.36. The van der Waals surface area contributed by atoms with E-state index < -0.39 is 12.1 Å². The number of hydrogen-bond acceptors (Lipinski definition) is 4. The van der Waals surface area contributed by atoms with Gasteiger partial charge in [-0.15, -0.1) is 0 Å². The number of nitrogens with zero attached hydrogens (tertiary/aromatic N) is 1. The Morgan fingerprint density at radius 1 is 1.11 bits per heavy atom. The summed E-state index contributed by atoms with van der Waals surface area (Å²) in [4.78, 5) is 4.29. The zero-order chi connectivity index (χ0) is 20.3. The van der Waals surface area contributed by atoms with E-state index in [1.54, 1.807) is 31.2 Å². The van der Waals surface area contributed by atoms with E-state index in [9.17, 15) is 17.6 Å². The molecule has 0 saturated heterocycles. The number of ether oxygens (including phenoxy) is 2. The third-order valence-electron chi connectivity index (χ3n) is 4.49. The second-order valence-electron chi connectivity index (χ2n) is 6.36. The van der Waals surface area contributed by atoms with Gasteiger partial charge in [-0.25, -0.2) is 9.37 Å². The van der Waals surface area contributed by atoms with Crippen LogP contribution < -0.4 is 9.47 Å². The van der Waals surface area contributed by atoms with Crippen LogP contribution in [-0.4, -0.2) is 18.3 Å². The largest absolute Gasteiger partial charge is 0.493 e. The number of aromatic nitrogens is 1. The average molecular weight is 413 g/mol. The van der Waals surface area contributed by atoms with Gasteiger partial charge >= 0.3 is 6.18 Å². The van der Waals surface area contributed by atoms with Crippen molar-refractivity contribution in [1.29, 1.82) is 0 Å². The summed E-state index contributed by atoms with van der Waals surface area (Å²) in [6.45, 7) is 1.54. The number of rotatable bonds is 7. The quantitative estimate of drug-likeness (QED) is 0.401. The van der Waals surface area contributed by atoms with Crippen molar-refractivity contribution in [3.8, 4) is 16.7 Å². The smallest absolute Gasteiger partial charge is 0.391 e. The third kappa shape index (κ3) is 4.73. The van der Waals surface area contributed by atoms with Crippen LogP contribution in [-0.2, 0) is 6.42 Å². The summed E-state index contributed by atoms with van der Waals surface area (Å²) in [7, 11) is 1.46. The fourth-order valence-corrected chi connectivity index (χ4v) is 3.76. The molecule has 150 valence electrons. The Bertz CT molecular complexity index is 955. The molecule has 0 fully saturated rings. The molecule has 1 atom stereocenters. The number of alkyl halides is 3. The maximum atomic E-state index is 13.3. The topological polar surface area (TPSA) is 31.4 Å². The lowest BCUT2D eigenvalue weighted by Gasteiger charge is -2.18. The minimum absolute atomic E-state index is 0.0206. The molecule has 0 amide bonds. The van der Waals surface area contributed by atoms with Gasteiger partial charge in [-0.05, 0) is 55.2 Å². The lowest BCUT2D eigenvalue weighted by molar-refractivity contribution is -0.176. The van der Waals surface area contributed by atoms with Crippen LogP contribution in [0.5, 0.6) is 16.7 Å². The Kier molecular flexibility index (Phi) is 6.07. The van der Waals surface area contributed by atoms with Crippen LogP contribution in [0.4, 0.5) is 17.6 Å². The van der Waals surface area contributed by atoms with Gasteiger partial charge in [0.05, 0.1) is 23.2 Å². The van der Waals surface area contributed by atoms with Gasteiger partial charge in [-0.3, -0.25) is 0 Å². The van der Waals surface area contributed by atoms with Crippen LogP contribution in [0.25, 0.3) is 10.2 Å². The molecule has 3 aromatic rings. The number of benzene rings is 2. The standard InChI is InChI=1S/C20H19F4NO2S/c1-3-13(20(22,23)24)6-4-12-5-9-16(17(10-12)26-2)27-19-25-15-8-7-14(21)11-18(15)28-19/h5,7-11,13H,3-4,6H2,1-2H3. The molecular formula is C20H19F4NO2S. The van der Waals surface area contributed by atoms with Crippen molar-refractivity contribution in [2.75, 3.05) is 7.11 Å². The molecule has 1 aromatic heterocycles. The number of halogens is 4. The first-order valence-corrected chi connectivity index (χ1v) is 9.59. The minimum atomic E-state index is -4.19. The van der Waals surface area contributed by atoms with Gasteiger partial charge in [0.25, 0.3) is 5.19 Å². The highest BCUT2D eigenvalue weighted by Gasteiger charge is 2.37. The van der Waals surface area contributed by atoms with E-state index in [2.05, 4.69) is 4.98 Å². The van der Waals surface area contributed by atoms with Crippen molar-refractivity contribution < 1.29 is 27.0 Å². The molecule has 1 unspecified atom stereocenters. The normalized spacial score (nSPS) is 12.9. The lowest BCUT2D eigenvalue weighted by atomic mass is 9.96. The molecule has 0 saturated carbocycles. The van der Waals surface area contributed by atoms with Gasteiger partial charge in [-0.2, -0.15) is 13.2 Å². The molecule has 8 heteroatoms. The van der Waals surface area contributed by atoms with Crippen molar-refractivity contribution in [3.63, 3.8) is 0 Å². The minimum Gasteiger partial charge on any atom is -0.493 e. The summed E-state index contributed by atoms with van der Waals surface area (Å²) >= 11 is 1.20. The second kappa shape index (κ2) is 8.34. The first-order chi connectivity index (χ1) is 13.3. The molecule has 3 nitrogen and oxygen atoms in total. The first-order valence-electron chi connectivity index (χ1n) is 8.77. The molecule has 28 heavy (non-hydrogen) atoms. The molecule has 0 bridgehead atoms. The van der Waals surface area contributed by atoms with Gasteiger partial charge in [0.1, 0.15) is 5.82 Å². The number of hydrogen-bond donors (Lipinski definition) is 0. The predicted molar refractivity (Wildman–Crippen MR) is 101 cm³/mol. The van der Waals surface area contributed by atoms with Crippen molar-refractivity contribution in [3.05, 3.63) is 47.8 Å². The SMILES string of the molecule is CCC(CCc1ccc(Oc2nc3ccc(F)cc3s2)c(OC)c1)C(F)(F)F. The van der Waals surface area contributed by atoms with E-state index >= 15 is 0 Å². The molecule has 0 aliphatic carbocycles. The van der Waals surface area contributed by atoms with E-state index in [1.807, 2.05) is 0 Å². The van der Waals surface area contributed by atoms with E-state index in [1.165, 1.54) is 30.6 Å².